The summed E-state index contributed by atoms with van der Waals surface area (Å²) in [4.78, 5) is 0. The van der Waals surface area contributed by atoms with Crippen LogP contribution in [0.25, 0.3) is 0 Å². The third kappa shape index (κ3) is 2.65. The van der Waals surface area contributed by atoms with Gasteiger partial charge in [-0.2, -0.15) is 10.4 Å². The lowest BCUT2D eigenvalue weighted by Gasteiger charge is -2.38. The van der Waals surface area contributed by atoms with Crippen LogP contribution in [0.2, 0.25) is 0 Å². The molecule has 0 spiro atoms. The van der Waals surface area contributed by atoms with Crippen molar-refractivity contribution in [2.24, 2.45) is 5.10 Å². The van der Waals surface area contributed by atoms with Gasteiger partial charge in [0.1, 0.15) is 5.75 Å². The lowest BCUT2D eigenvalue weighted by atomic mass is 9.96. The van der Waals surface area contributed by atoms with Gasteiger partial charge < -0.3 is 4.74 Å². The number of hydrogen-bond acceptors (Lipinski definition) is 4. The summed E-state index contributed by atoms with van der Waals surface area (Å²) in [6.07, 6.45) is 0.538. The molecule has 0 amide bonds. The van der Waals surface area contributed by atoms with Crippen LogP contribution in [0.5, 0.6) is 5.75 Å². The Balaban J connectivity index is 1.59. The molecule has 0 saturated heterocycles. The van der Waals surface area contributed by atoms with Crippen molar-refractivity contribution in [1.29, 1.82) is 5.26 Å². The Bertz CT molecular complexity index is 1050. The maximum absolute atomic E-state index is 9.07. The van der Waals surface area contributed by atoms with Crippen molar-refractivity contribution in [1.82, 2.24) is 5.01 Å². The molecule has 3 aromatic carbocycles. The molecule has 3 aromatic rings. The first kappa shape index (κ1) is 15.7. The van der Waals surface area contributed by atoms with Crippen LogP contribution in [0.15, 0.2) is 84.0 Å². The summed E-state index contributed by atoms with van der Waals surface area (Å²) in [5, 5.41) is 16.1. The summed E-state index contributed by atoms with van der Waals surface area (Å²) in [6.45, 7) is 0. The van der Waals surface area contributed by atoms with Crippen molar-refractivity contribution in [3.05, 3.63) is 101 Å². The van der Waals surface area contributed by atoms with Gasteiger partial charge in [0.05, 0.1) is 23.4 Å². The third-order valence-electron chi connectivity index (χ3n) is 5.13. The minimum Gasteiger partial charge on any atom is -0.464 e. The summed E-state index contributed by atoms with van der Waals surface area (Å²) in [6, 6.07) is 28.3. The molecule has 0 bridgehead atoms. The van der Waals surface area contributed by atoms with Gasteiger partial charge in [-0.3, -0.25) is 0 Å². The first-order valence-electron chi connectivity index (χ1n) is 9.00. The van der Waals surface area contributed by atoms with E-state index in [0.29, 0.717) is 5.56 Å². The van der Waals surface area contributed by atoms with E-state index in [1.54, 1.807) is 0 Å². The predicted molar refractivity (Wildman–Crippen MR) is 103 cm³/mol. The van der Waals surface area contributed by atoms with E-state index in [1.165, 1.54) is 0 Å². The monoisotopic (exact) mass is 351 g/mol. The second kappa shape index (κ2) is 6.30. The Hall–Kier alpha value is -3.58. The minimum absolute atomic E-state index is 0.144. The van der Waals surface area contributed by atoms with E-state index in [-0.39, 0.29) is 12.3 Å². The molecule has 0 unspecified atom stereocenters. The van der Waals surface area contributed by atoms with Gasteiger partial charge in [0.25, 0.3) is 0 Å². The molecule has 0 saturated carbocycles. The summed E-state index contributed by atoms with van der Waals surface area (Å²) in [5.41, 5.74) is 5.01. The number of ether oxygens (including phenoxy) is 1. The molecular weight excluding hydrogens is 334 g/mol. The average molecular weight is 351 g/mol. The fourth-order valence-corrected chi connectivity index (χ4v) is 3.78. The van der Waals surface area contributed by atoms with E-state index < -0.39 is 0 Å². The highest BCUT2D eigenvalue weighted by Crippen LogP contribution is 2.47. The van der Waals surface area contributed by atoms with Gasteiger partial charge in [0.2, 0.25) is 6.23 Å². The van der Waals surface area contributed by atoms with Crippen molar-refractivity contribution >= 4 is 5.71 Å². The predicted octanol–water partition coefficient (Wildman–Crippen LogP) is 4.80. The molecule has 5 rings (SSSR count). The lowest BCUT2D eigenvalue weighted by molar-refractivity contribution is -0.0190. The smallest absolute Gasteiger partial charge is 0.213 e. The van der Waals surface area contributed by atoms with Crippen molar-refractivity contribution in [2.75, 3.05) is 0 Å². The number of para-hydroxylation sites is 1. The number of hydrazone groups is 1. The van der Waals surface area contributed by atoms with Gasteiger partial charge in [-0.05, 0) is 23.8 Å². The highest BCUT2D eigenvalue weighted by Gasteiger charge is 2.40. The molecular formula is C23H17N3O. The maximum atomic E-state index is 9.07. The normalized spacial score (nSPS) is 20.1. The Morgan fingerprint density at radius 2 is 1.67 bits per heavy atom. The number of rotatable bonds is 2. The molecule has 0 radical (unpaired) electrons. The molecule has 130 valence electrons. The van der Waals surface area contributed by atoms with Crippen LogP contribution in [-0.2, 0) is 0 Å². The summed E-state index contributed by atoms with van der Waals surface area (Å²) in [7, 11) is 0. The minimum atomic E-state index is -0.307. The molecule has 0 fully saturated rings. The van der Waals surface area contributed by atoms with E-state index in [2.05, 4.69) is 29.3 Å². The molecule has 0 aromatic heterocycles. The van der Waals surface area contributed by atoms with E-state index in [0.717, 1.165) is 34.6 Å². The molecule has 27 heavy (non-hydrogen) atoms. The zero-order valence-electron chi connectivity index (χ0n) is 14.6. The van der Waals surface area contributed by atoms with E-state index in [4.69, 9.17) is 15.1 Å². The van der Waals surface area contributed by atoms with Crippen molar-refractivity contribution in [3.8, 4) is 11.8 Å². The Labute approximate surface area is 157 Å². The summed E-state index contributed by atoms with van der Waals surface area (Å²) >= 11 is 0. The van der Waals surface area contributed by atoms with Crippen LogP contribution in [0.4, 0.5) is 0 Å². The zero-order valence-corrected chi connectivity index (χ0v) is 14.6. The highest BCUT2D eigenvalue weighted by molar-refractivity contribution is 6.01. The van der Waals surface area contributed by atoms with E-state index in [9.17, 15) is 0 Å². The van der Waals surface area contributed by atoms with E-state index >= 15 is 0 Å². The fraction of sp³-hybridized carbons (Fsp3) is 0.130. The van der Waals surface area contributed by atoms with Gasteiger partial charge in [-0.1, -0.05) is 60.7 Å². The Morgan fingerprint density at radius 3 is 2.44 bits per heavy atom. The summed E-state index contributed by atoms with van der Waals surface area (Å²) in [5.74, 6) is 0.901. The van der Waals surface area contributed by atoms with Crippen molar-refractivity contribution < 1.29 is 4.74 Å². The van der Waals surface area contributed by atoms with Crippen LogP contribution >= 0.6 is 0 Å². The molecule has 0 N–H and O–H groups in total. The average Bonchev–Trinajstić information content (AvgIpc) is 3.20. The third-order valence-corrected chi connectivity index (χ3v) is 5.13. The SMILES string of the molecule is N#Cc1ccc([C@@H]2Oc3ccccc3[C@H]3CC(c4ccccc4)=NN32)cc1. The maximum Gasteiger partial charge on any atom is 0.213 e. The molecule has 2 aliphatic heterocycles. The number of fused-ring (bicyclic) bond motifs is 3. The molecule has 2 aliphatic rings. The van der Waals surface area contributed by atoms with Crippen LogP contribution in [0.1, 0.15) is 40.9 Å². The van der Waals surface area contributed by atoms with E-state index in [1.807, 2.05) is 60.7 Å². The topological polar surface area (TPSA) is 48.6 Å². The molecule has 0 aliphatic carbocycles. The van der Waals surface area contributed by atoms with Gasteiger partial charge in [0, 0.05) is 17.5 Å². The molecule has 2 heterocycles. The van der Waals surface area contributed by atoms with Gasteiger partial charge in [0.15, 0.2) is 0 Å². The van der Waals surface area contributed by atoms with Crippen LogP contribution in [-0.4, -0.2) is 10.7 Å². The fourth-order valence-electron chi connectivity index (χ4n) is 3.78. The Morgan fingerprint density at radius 1 is 0.926 bits per heavy atom. The standard InChI is InChI=1S/C23H17N3O/c24-15-16-10-12-18(13-11-16)23-26-21(19-8-4-5-9-22(19)27-23)14-20(25-26)17-6-2-1-3-7-17/h1-13,21,23H,14H2/t21-,23+/m1/s1. The number of nitriles is 1. The Kier molecular flexibility index (Phi) is 3.65. The van der Waals surface area contributed by atoms with Crippen molar-refractivity contribution in [2.45, 2.75) is 18.7 Å². The first-order chi connectivity index (χ1) is 13.3. The van der Waals surface area contributed by atoms with Gasteiger partial charge >= 0.3 is 0 Å². The largest absolute Gasteiger partial charge is 0.464 e. The second-order valence-electron chi connectivity index (χ2n) is 6.75. The number of nitrogens with zero attached hydrogens (tertiary/aromatic N) is 3. The van der Waals surface area contributed by atoms with Gasteiger partial charge in [-0.25, -0.2) is 5.01 Å². The number of hydrogen-bond donors (Lipinski definition) is 0. The first-order valence-corrected chi connectivity index (χ1v) is 9.00. The highest BCUT2D eigenvalue weighted by atomic mass is 16.5. The molecule has 2 atom stereocenters. The number of benzene rings is 3. The van der Waals surface area contributed by atoms with Crippen LogP contribution < -0.4 is 4.74 Å². The lowest BCUT2D eigenvalue weighted by Crippen LogP contribution is -2.33. The molecule has 4 nitrogen and oxygen atoms in total. The van der Waals surface area contributed by atoms with Gasteiger partial charge in [-0.15, -0.1) is 0 Å². The van der Waals surface area contributed by atoms with Crippen molar-refractivity contribution in [3.63, 3.8) is 0 Å². The van der Waals surface area contributed by atoms with Crippen LogP contribution in [0, 0.1) is 11.3 Å². The van der Waals surface area contributed by atoms with Crippen LogP contribution in [0.3, 0.4) is 0 Å². The second-order valence-corrected chi connectivity index (χ2v) is 6.75. The summed E-state index contributed by atoms with van der Waals surface area (Å²) < 4.78 is 6.33. The molecule has 4 heteroatoms. The zero-order chi connectivity index (χ0) is 18.2. The quantitative estimate of drug-likeness (QED) is 0.666.